The summed E-state index contributed by atoms with van der Waals surface area (Å²) < 4.78 is 4.50. The van der Waals surface area contributed by atoms with Crippen LogP contribution >= 0.6 is 11.3 Å². The number of nitrogens with zero attached hydrogens (tertiary/aromatic N) is 1. The van der Waals surface area contributed by atoms with Crippen molar-refractivity contribution in [2.24, 2.45) is 0 Å². The molecule has 1 atom stereocenters. The van der Waals surface area contributed by atoms with Crippen LogP contribution in [-0.4, -0.2) is 24.3 Å². The molecule has 1 rings (SSSR count). The molecule has 4 nitrogen and oxygen atoms in total. The molecule has 0 saturated carbocycles. The van der Waals surface area contributed by atoms with E-state index < -0.39 is 17.5 Å². The van der Waals surface area contributed by atoms with Crippen molar-refractivity contribution in [1.29, 1.82) is 5.26 Å². The maximum atomic E-state index is 11.3. The Hall–Kier alpha value is -1.38. The quantitative estimate of drug-likeness (QED) is 0.810. The Labute approximate surface area is 98.1 Å². The highest BCUT2D eigenvalue weighted by Gasteiger charge is 2.37. The van der Waals surface area contributed by atoms with E-state index >= 15 is 0 Å². The van der Waals surface area contributed by atoms with Crippen molar-refractivity contribution in [2.75, 3.05) is 7.11 Å². The van der Waals surface area contributed by atoms with Gasteiger partial charge in [0.2, 0.25) is 0 Å². The van der Waals surface area contributed by atoms with Crippen LogP contribution in [0.3, 0.4) is 0 Å². The number of carbonyl (C=O) groups is 1. The first-order chi connectivity index (χ1) is 7.43. The summed E-state index contributed by atoms with van der Waals surface area (Å²) >= 11 is 1.35. The number of esters is 1. The molecule has 0 aliphatic rings. The summed E-state index contributed by atoms with van der Waals surface area (Å²) in [6.45, 7) is 3.48. The van der Waals surface area contributed by atoms with Crippen molar-refractivity contribution < 1.29 is 14.6 Å². The van der Waals surface area contributed by atoms with E-state index in [1.807, 2.05) is 6.07 Å². The number of aliphatic hydroxyl groups is 1. The third-order valence-electron chi connectivity index (χ3n) is 2.47. The second-order valence-corrected chi connectivity index (χ2v) is 4.87. The second kappa shape index (κ2) is 4.64. The van der Waals surface area contributed by atoms with Crippen molar-refractivity contribution in [3.05, 3.63) is 21.9 Å². The summed E-state index contributed by atoms with van der Waals surface area (Å²) in [6, 6.07) is 3.69. The molecule has 0 amide bonds. The first kappa shape index (κ1) is 12.7. The van der Waals surface area contributed by atoms with Crippen LogP contribution in [0.1, 0.15) is 24.3 Å². The fraction of sp³-hybridized carbons (Fsp3) is 0.455. The lowest BCUT2D eigenvalue weighted by Gasteiger charge is -2.27. The minimum Gasteiger partial charge on any atom is -0.467 e. The molecule has 0 aliphatic carbocycles. The average Bonchev–Trinajstić information content (AvgIpc) is 2.75. The third-order valence-corrected chi connectivity index (χ3v) is 3.74. The van der Waals surface area contributed by atoms with E-state index in [0.717, 1.165) is 4.88 Å². The van der Waals surface area contributed by atoms with Gasteiger partial charge >= 0.3 is 5.97 Å². The van der Waals surface area contributed by atoms with Gasteiger partial charge in [0.05, 0.1) is 12.7 Å². The van der Waals surface area contributed by atoms with Crippen molar-refractivity contribution in [2.45, 2.75) is 25.4 Å². The molecular formula is C11H13NO3S. The van der Waals surface area contributed by atoms with Crippen molar-refractivity contribution in [1.82, 2.24) is 0 Å². The highest BCUT2D eigenvalue weighted by Crippen LogP contribution is 2.32. The number of ether oxygens (including phenoxy) is 1. The fourth-order valence-corrected chi connectivity index (χ4v) is 2.26. The molecule has 1 aromatic rings. The molecular weight excluding hydrogens is 226 g/mol. The highest BCUT2D eigenvalue weighted by molar-refractivity contribution is 7.10. The van der Waals surface area contributed by atoms with Crippen LogP contribution in [-0.2, 0) is 14.9 Å². The van der Waals surface area contributed by atoms with Crippen molar-refractivity contribution in [3.63, 3.8) is 0 Å². The molecule has 1 aromatic heterocycles. The molecule has 5 heteroatoms. The van der Waals surface area contributed by atoms with Gasteiger partial charge in [0.1, 0.15) is 6.07 Å². The smallest absolute Gasteiger partial charge is 0.335 e. The van der Waals surface area contributed by atoms with Gasteiger partial charge in [0.25, 0.3) is 0 Å². The van der Waals surface area contributed by atoms with Crippen LogP contribution in [0.5, 0.6) is 0 Å². The van der Waals surface area contributed by atoms with E-state index in [9.17, 15) is 9.90 Å². The van der Waals surface area contributed by atoms with Gasteiger partial charge in [-0.05, 0) is 6.07 Å². The molecule has 0 fully saturated rings. The number of thiophene rings is 1. The van der Waals surface area contributed by atoms with Crippen molar-refractivity contribution >= 4 is 17.3 Å². The Morgan fingerprint density at radius 3 is 2.75 bits per heavy atom. The molecule has 0 aromatic carbocycles. The predicted octanol–water partition coefficient (Wildman–Crippen LogP) is 1.43. The van der Waals surface area contributed by atoms with Gasteiger partial charge in [-0.15, -0.1) is 11.3 Å². The van der Waals surface area contributed by atoms with E-state index in [1.165, 1.54) is 18.4 Å². The first-order valence-electron chi connectivity index (χ1n) is 4.68. The summed E-state index contributed by atoms with van der Waals surface area (Å²) in [5.74, 6) is -0.670. The van der Waals surface area contributed by atoms with E-state index in [1.54, 1.807) is 25.3 Å². The van der Waals surface area contributed by atoms with E-state index in [4.69, 9.17) is 5.26 Å². The maximum Gasteiger partial charge on any atom is 0.335 e. The van der Waals surface area contributed by atoms with Gasteiger partial charge in [-0.3, -0.25) is 0 Å². The number of aliphatic hydroxyl groups excluding tert-OH is 1. The van der Waals surface area contributed by atoms with Crippen LogP contribution < -0.4 is 0 Å². The first-order valence-corrected chi connectivity index (χ1v) is 5.56. The van der Waals surface area contributed by atoms with Gasteiger partial charge in [0, 0.05) is 15.7 Å². The SMILES string of the molecule is COC(=O)C(O)C(C)(C)c1cc(C#N)cs1. The van der Waals surface area contributed by atoms with E-state index in [0.29, 0.717) is 5.56 Å². The summed E-state index contributed by atoms with van der Waals surface area (Å²) in [4.78, 5) is 12.1. The van der Waals surface area contributed by atoms with Crippen LogP contribution in [0.15, 0.2) is 11.4 Å². The Bertz CT molecular complexity index is 431. The van der Waals surface area contributed by atoms with E-state index in [-0.39, 0.29) is 0 Å². The summed E-state index contributed by atoms with van der Waals surface area (Å²) in [6.07, 6.45) is -1.23. The number of hydrogen-bond acceptors (Lipinski definition) is 5. The number of hydrogen-bond donors (Lipinski definition) is 1. The van der Waals surface area contributed by atoms with Gasteiger partial charge in [0.15, 0.2) is 6.10 Å². The van der Waals surface area contributed by atoms with Gasteiger partial charge in [-0.25, -0.2) is 4.79 Å². The molecule has 1 unspecified atom stereocenters. The summed E-state index contributed by atoms with van der Waals surface area (Å²) in [5, 5.41) is 20.2. The Morgan fingerprint density at radius 2 is 2.31 bits per heavy atom. The molecule has 0 radical (unpaired) electrons. The average molecular weight is 239 g/mol. The molecule has 16 heavy (non-hydrogen) atoms. The third kappa shape index (κ3) is 2.23. The second-order valence-electron chi connectivity index (χ2n) is 3.96. The van der Waals surface area contributed by atoms with Gasteiger partial charge in [-0.1, -0.05) is 13.8 Å². The summed E-state index contributed by atoms with van der Waals surface area (Å²) in [7, 11) is 1.23. The number of methoxy groups -OCH3 is 1. The number of carbonyl (C=O) groups excluding carboxylic acids is 1. The predicted molar refractivity (Wildman–Crippen MR) is 60.1 cm³/mol. The molecule has 86 valence electrons. The van der Waals surface area contributed by atoms with Crippen LogP contribution in [0.2, 0.25) is 0 Å². The molecule has 0 aliphatic heterocycles. The van der Waals surface area contributed by atoms with Crippen LogP contribution in [0.4, 0.5) is 0 Å². The Kier molecular flexibility index (Phi) is 3.68. The zero-order valence-corrected chi connectivity index (χ0v) is 10.2. The number of rotatable bonds is 3. The van der Waals surface area contributed by atoms with Crippen molar-refractivity contribution in [3.8, 4) is 6.07 Å². The molecule has 0 saturated heterocycles. The molecule has 1 heterocycles. The zero-order chi connectivity index (χ0) is 12.3. The number of nitriles is 1. The standard InChI is InChI=1S/C11H13NO3S/c1-11(2,9(13)10(14)15-3)8-4-7(5-12)6-16-8/h4,6,9,13H,1-3H3. The zero-order valence-electron chi connectivity index (χ0n) is 9.35. The molecule has 0 bridgehead atoms. The Morgan fingerprint density at radius 1 is 1.69 bits per heavy atom. The topological polar surface area (TPSA) is 70.3 Å². The lowest BCUT2D eigenvalue weighted by molar-refractivity contribution is -0.153. The molecule has 0 spiro atoms. The lowest BCUT2D eigenvalue weighted by atomic mass is 9.84. The minimum absolute atomic E-state index is 0.533. The lowest BCUT2D eigenvalue weighted by Crippen LogP contribution is -2.40. The fourth-order valence-electron chi connectivity index (χ4n) is 1.27. The maximum absolute atomic E-state index is 11.3. The molecule has 1 N–H and O–H groups in total. The monoisotopic (exact) mass is 239 g/mol. The minimum atomic E-state index is -1.23. The van der Waals surface area contributed by atoms with Gasteiger partial charge < -0.3 is 9.84 Å². The van der Waals surface area contributed by atoms with Gasteiger partial charge in [-0.2, -0.15) is 5.26 Å². The van der Waals surface area contributed by atoms with Crippen LogP contribution in [0, 0.1) is 11.3 Å². The normalized spacial score (nSPS) is 12.9. The Balaban J connectivity index is 3.01. The highest BCUT2D eigenvalue weighted by atomic mass is 32.1. The van der Waals surface area contributed by atoms with Crippen LogP contribution in [0.25, 0.3) is 0 Å². The van der Waals surface area contributed by atoms with E-state index in [2.05, 4.69) is 4.74 Å². The largest absolute Gasteiger partial charge is 0.467 e. The summed E-state index contributed by atoms with van der Waals surface area (Å²) in [5.41, 5.74) is -0.225.